The van der Waals surface area contributed by atoms with Crippen molar-refractivity contribution in [2.24, 2.45) is 11.8 Å². The fraction of sp³-hybridized carbons (Fsp3) is 0.529. The summed E-state index contributed by atoms with van der Waals surface area (Å²) in [4.78, 5) is 23.4. The van der Waals surface area contributed by atoms with Crippen molar-refractivity contribution in [1.29, 1.82) is 0 Å². The van der Waals surface area contributed by atoms with E-state index in [1.807, 2.05) is 6.92 Å². The van der Waals surface area contributed by atoms with Gasteiger partial charge in [0.15, 0.2) is 0 Å². The van der Waals surface area contributed by atoms with E-state index in [1.54, 1.807) is 12.1 Å². The Bertz CT molecular complexity index is 593. The maximum Gasteiger partial charge on any atom is 0.306 e. The molecule has 126 valence electrons. The van der Waals surface area contributed by atoms with Crippen LogP contribution in [0.3, 0.4) is 0 Å². The molecule has 1 amide bonds. The second-order valence-electron chi connectivity index (χ2n) is 6.26. The zero-order valence-corrected chi connectivity index (χ0v) is 14.6. The van der Waals surface area contributed by atoms with Gasteiger partial charge in [0.1, 0.15) is 5.82 Å². The molecule has 1 aliphatic rings. The molecule has 0 heterocycles. The molecule has 3 unspecified atom stereocenters. The van der Waals surface area contributed by atoms with Gasteiger partial charge in [-0.25, -0.2) is 4.39 Å². The number of rotatable bonds is 5. The Hall–Kier alpha value is -1.43. The summed E-state index contributed by atoms with van der Waals surface area (Å²) >= 11 is 3.15. The van der Waals surface area contributed by atoms with Crippen LogP contribution in [-0.4, -0.2) is 23.0 Å². The summed E-state index contributed by atoms with van der Waals surface area (Å²) in [6.07, 6.45) is 3.17. The van der Waals surface area contributed by atoms with Crippen LogP contribution in [0.4, 0.5) is 4.39 Å². The number of aliphatic carboxylic acids is 1. The molecule has 1 aromatic carbocycles. The van der Waals surface area contributed by atoms with E-state index in [2.05, 4.69) is 21.2 Å². The number of hydrogen-bond donors (Lipinski definition) is 2. The van der Waals surface area contributed by atoms with Crippen molar-refractivity contribution in [1.82, 2.24) is 5.32 Å². The van der Waals surface area contributed by atoms with Gasteiger partial charge in [-0.1, -0.05) is 12.5 Å². The molecule has 1 saturated carbocycles. The second-order valence-corrected chi connectivity index (χ2v) is 7.12. The van der Waals surface area contributed by atoms with Crippen LogP contribution in [0, 0.1) is 17.7 Å². The fourth-order valence-corrected chi connectivity index (χ4v) is 3.51. The van der Waals surface area contributed by atoms with E-state index in [0.29, 0.717) is 23.7 Å². The number of benzene rings is 1. The minimum atomic E-state index is -0.813. The summed E-state index contributed by atoms with van der Waals surface area (Å²) in [6.45, 7) is 1.90. The van der Waals surface area contributed by atoms with Gasteiger partial charge in [-0.15, -0.1) is 0 Å². The maximum atomic E-state index is 13.2. The van der Waals surface area contributed by atoms with Crippen molar-refractivity contribution in [2.75, 3.05) is 0 Å². The smallest absolute Gasteiger partial charge is 0.306 e. The summed E-state index contributed by atoms with van der Waals surface area (Å²) in [5.74, 6) is -1.85. The number of nitrogens with one attached hydrogen (secondary N) is 1. The van der Waals surface area contributed by atoms with E-state index in [4.69, 9.17) is 5.11 Å². The molecule has 4 nitrogen and oxygen atoms in total. The Morgan fingerprint density at radius 2 is 2.09 bits per heavy atom. The van der Waals surface area contributed by atoms with E-state index >= 15 is 0 Å². The Kier molecular flexibility index (Phi) is 6.16. The second kappa shape index (κ2) is 7.90. The van der Waals surface area contributed by atoms with Gasteiger partial charge in [-0.3, -0.25) is 9.59 Å². The van der Waals surface area contributed by atoms with E-state index in [1.165, 1.54) is 6.07 Å². The van der Waals surface area contributed by atoms with Crippen LogP contribution in [0.1, 0.15) is 38.2 Å². The molecule has 3 atom stereocenters. The average molecular weight is 386 g/mol. The molecule has 0 bridgehead atoms. The lowest BCUT2D eigenvalue weighted by molar-refractivity contribution is -0.144. The van der Waals surface area contributed by atoms with Crippen LogP contribution >= 0.6 is 15.9 Å². The third-order valence-electron chi connectivity index (χ3n) is 4.31. The topological polar surface area (TPSA) is 66.4 Å². The van der Waals surface area contributed by atoms with Crippen LogP contribution in [0.2, 0.25) is 0 Å². The van der Waals surface area contributed by atoms with Crippen molar-refractivity contribution in [3.8, 4) is 0 Å². The lowest BCUT2D eigenvalue weighted by atomic mass is 9.81. The quantitative estimate of drug-likeness (QED) is 0.814. The zero-order chi connectivity index (χ0) is 17.0. The number of carboxylic acid groups (broad SMARTS) is 1. The van der Waals surface area contributed by atoms with Gasteiger partial charge in [0.05, 0.1) is 10.4 Å². The minimum absolute atomic E-state index is 0.0790. The monoisotopic (exact) mass is 385 g/mol. The van der Waals surface area contributed by atoms with Gasteiger partial charge in [-0.2, -0.15) is 0 Å². The Labute approximate surface area is 143 Å². The predicted molar refractivity (Wildman–Crippen MR) is 88.5 cm³/mol. The van der Waals surface area contributed by atoms with Gasteiger partial charge in [-0.05, 0) is 66.2 Å². The number of halogens is 2. The highest BCUT2D eigenvalue weighted by atomic mass is 79.9. The van der Waals surface area contributed by atoms with E-state index in [0.717, 1.165) is 18.4 Å². The third kappa shape index (κ3) is 5.03. The predicted octanol–water partition coefficient (Wildman–Crippen LogP) is 3.53. The lowest BCUT2D eigenvalue weighted by Crippen LogP contribution is -2.40. The highest BCUT2D eigenvalue weighted by Gasteiger charge is 2.31. The number of amides is 1. The molecule has 23 heavy (non-hydrogen) atoms. The molecule has 1 fully saturated rings. The molecule has 0 radical (unpaired) electrons. The Morgan fingerprint density at radius 1 is 1.39 bits per heavy atom. The third-order valence-corrected chi connectivity index (χ3v) is 4.92. The van der Waals surface area contributed by atoms with Crippen molar-refractivity contribution in [3.63, 3.8) is 0 Å². The van der Waals surface area contributed by atoms with Gasteiger partial charge < -0.3 is 10.4 Å². The first-order valence-corrected chi connectivity index (χ1v) is 8.63. The first-order chi connectivity index (χ1) is 10.9. The maximum absolute atomic E-state index is 13.2. The highest BCUT2D eigenvalue weighted by Crippen LogP contribution is 2.29. The largest absolute Gasteiger partial charge is 0.481 e. The van der Waals surface area contributed by atoms with E-state index in [-0.39, 0.29) is 23.7 Å². The molecule has 0 saturated heterocycles. The molecular formula is C17H21BrFNO3. The van der Waals surface area contributed by atoms with Crippen LogP contribution in [0.5, 0.6) is 0 Å². The highest BCUT2D eigenvalue weighted by molar-refractivity contribution is 9.10. The summed E-state index contributed by atoms with van der Waals surface area (Å²) < 4.78 is 13.6. The number of carbonyl (C=O) groups is 2. The molecule has 2 rings (SSSR count). The van der Waals surface area contributed by atoms with Crippen molar-refractivity contribution in [2.45, 2.75) is 45.1 Å². The molecule has 2 N–H and O–H groups in total. The van der Waals surface area contributed by atoms with Crippen molar-refractivity contribution < 1.29 is 19.1 Å². The molecule has 1 aliphatic carbocycles. The van der Waals surface area contributed by atoms with Gasteiger partial charge in [0, 0.05) is 12.0 Å². The number of hydrogen-bond acceptors (Lipinski definition) is 2. The van der Waals surface area contributed by atoms with Gasteiger partial charge in [0.25, 0.3) is 0 Å². The summed E-state index contributed by atoms with van der Waals surface area (Å²) in [5.41, 5.74) is 0.929. The molecule has 1 aromatic rings. The van der Waals surface area contributed by atoms with Gasteiger partial charge >= 0.3 is 5.97 Å². The van der Waals surface area contributed by atoms with Crippen LogP contribution < -0.4 is 5.32 Å². The van der Waals surface area contributed by atoms with Crippen molar-refractivity contribution in [3.05, 3.63) is 34.1 Å². The van der Waals surface area contributed by atoms with Crippen LogP contribution in [0.15, 0.2) is 22.7 Å². The summed E-state index contributed by atoms with van der Waals surface area (Å²) in [5, 5.41) is 12.0. The fourth-order valence-electron chi connectivity index (χ4n) is 3.08. The Balaban J connectivity index is 1.88. The lowest BCUT2D eigenvalue weighted by Gasteiger charge is -2.27. The number of carbonyl (C=O) groups excluding carboxylic acids is 1. The molecule has 0 aromatic heterocycles. The standard InChI is InChI=1S/C17H21BrFNO3/c1-10(7-11-5-6-15(19)14(18)8-11)20-16(21)12-3-2-4-13(9-12)17(22)23/h5-6,8,10,12-13H,2-4,7,9H2,1H3,(H,20,21)(H,22,23). The molecular weight excluding hydrogens is 365 g/mol. The summed E-state index contributed by atoms with van der Waals surface area (Å²) in [7, 11) is 0. The molecule has 0 spiro atoms. The zero-order valence-electron chi connectivity index (χ0n) is 13.0. The SMILES string of the molecule is CC(Cc1ccc(F)c(Br)c1)NC(=O)C1CCCC(C(=O)O)C1. The van der Waals surface area contributed by atoms with Gasteiger partial charge in [0.2, 0.25) is 5.91 Å². The molecule has 6 heteroatoms. The normalized spacial score (nSPS) is 22.4. The van der Waals surface area contributed by atoms with E-state index in [9.17, 15) is 14.0 Å². The Morgan fingerprint density at radius 3 is 2.74 bits per heavy atom. The van der Waals surface area contributed by atoms with Crippen molar-refractivity contribution >= 4 is 27.8 Å². The molecule has 0 aliphatic heterocycles. The average Bonchev–Trinajstić information content (AvgIpc) is 2.51. The minimum Gasteiger partial charge on any atom is -0.481 e. The first-order valence-electron chi connectivity index (χ1n) is 7.84. The summed E-state index contributed by atoms with van der Waals surface area (Å²) in [6, 6.07) is 4.71. The van der Waals surface area contributed by atoms with Crippen LogP contribution in [0.25, 0.3) is 0 Å². The number of carboxylic acids is 1. The van der Waals surface area contributed by atoms with Crippen LogP contribution in [-0.2, 0) is 16.0 Å². The first kappa shape index (κ1) is 17.9. The van der Waals surface area contributed by atoms with E-state index < -0.39 is 11.9 Å².